The van der Waals surface area contributed by atoms with Crippen LogP contribution < -0.4 is 4.90 Å². The lowest BCUT2D eigenvalue weighted by atomic mass is 10.2. The smallest absolute Gasteiger partial charge is 0.323 e. The van der Waals surface area contributed by atoms with Gasteiger partial charge < -0.3 is 5.11 Å². The third-order valence-corrected chi connectivity index (χ3v) is 3.00. The van der Waals surface area contributed by atoms with Gasteiger partial charge >= 0.3 is 5.97 Å². The first kappa shape index (κ1) is 15.0. The molecule has 0 radical (unpaired) electrons. The van der Waals surface area contributed by atoms with E-state index in [4.69, 9.17) is 16.7 Å². The van der Waals surface area contributed by atoms with E-state index in [0.717, 1.165) is 4.90 Å². The number of nitrogens with zero attached hydrogens (tertiary/aromatic N) is 2. The molecule has 21 heavy (non-hydrogen) atoms. The Morgan fingerprint density at radius 1 is 1.24 bits per heavy atom. The highest BCUT2D eigenvalue weighted by atomic mass is 35.5. The maximum atomic E-state index is 12.5. The van der Waals surface area contributed by atoms with Crippen LogP contribution in [0.5, 0.6) is 0 Å². The van der Waals surface area contributed by atoms with Crippen LogP contribution in [-0.4, -0.2) is 28.5 Å². The monoisotopic (exact) mass is 304 g/mol. The number of carbonyl (C=O) groups excluding carboxylic acids is 1. The van der Waals surface area contributed by atoms with Crippen molar-refractivity contribution in [2.24, 2.45) is 0 Å². The number of pyridine rings is 1. The van der Waals surface area contributed by atoms with E-state index in [-0.39, 0.29) is 5.69 Å². The molecule has 2 aromatic rings. The number of aromatic nitrogens is 1. The SMILES string of the molecule is Cc1cccc(C(=O)N(CC(=O)O)c2cccc(Cl)c2)n1. The van der Waals surface area contributed by atoms with Gasteiger partial charge in [0.05, 0.1) is 0 Å². The van der Waals surface area contributed by atoms with E-state index in [1.807, 2.05) is 0 Å². The summed E-state index contributed by atoms with van der Waals surface area (Å²) in [6, 6.07) is 11.5. The van der Waals surface area contributed by atoms with Gasteiger partial charge in [0, 0.05) is 16.4 Å². The summed E-state index contributed by atoms with van der Waals surface area (Å²) in [5.41, 5.74) is 1.29. The molecule has 0 aliphatic rings. The van der Waals surface area contributed by atoms with Gasteiger partial charge in [-0.05, 0) is 37.3 Å². The van der Waals surface area contributed by atoms with E-state index < -0.39 is 18.4 Å². The molecular weight excluding hydrogens is 292 g/mol. The molecule has 6 heteroatoms. The molecular formula is C15H13ClN2O3. The first-order valence-electron chi connectivity index (χ1n) is 6.20. The number of aryl methyl sites for hydroxylation is 1. The zero-order valence-electron chi connectivity index (χ0n) is 11.3. The number of carbonyl (C=O) groups is 2. The maximum Gasteiger partial charge on any atom is 0.323 e. The summed E-state index contributed by atoms with van der Waals surface area (Å²) in [7, 11) is 0. The van der Waals surface area contributed by atoms with E-state index in [1.54, 1.807) is 43.3 Å². The first-order valence-corrected chi connectivity index (χ1v) is 6.58. The molecule has 0 saturated carbocycles. The molecule has 2 rings (SSSR count). The molecule has 0 bridgehead atoms. The lowest BCUT2D eigenvalue weighted by molar-refractivity contribution is -0.135. The summed E-state index contributed by atoms with van der Waals surface area (Å²) >= 11 is 5.90. The molecule has 5 nitrogen and oxygen atoms in total. The van der Waals surface area contributed by atoms with Gasteiger partial charge in [0.15, 0.2) is 0 Å². The van der Waals surface area contributed by atoms with Gasteiger partial charge in [0.25, 0.3) is 5.91 Å². The summed E-state index contributed by atoms with van der Waals surface area (Å²) in [6.07, 6.45) is 0. The summed E-state index contributed by atoms with van der Waals surface area (Å²) in [5.74, 6) is -1.60. The van der Waals surface area contributed by atoms with Crippen LogP contribution in [0.3, 0.4) is 0 Å². The number of halogens is 1. The van der Waals surface area contributed by atoms with Gasteiger partial charge in [-0.1, -0.05) is 23.7 Å². The van der Waals surface area contributed by atoms with Crippen LogP contribution in [-0.2, 0) is 4.79 Å². The third kappa shape index (κ3) is 3.79. The fraction of sp³-hybridized carbons (Fsp3) is 0.133. The minimum Gasteiger partial charge on any atom is -0.480 e. The number of carboxylic acid groups (broad SMARTS) is 1. The number of carboxylic acids is 1. The van der Waals surface area contributed by atoms with E-state index >= 15 is 0 Å². The second-order valence-electron chi connectivity index (χ2n) is 4.43. The Kier molecular flexibility index (Phi) is 4.55. The molecule has 0 saturated heterocycles. The number of hydrogen-bond donors (Lipinski definition) is 1. The lowest BCUT2D eigenvalue weighted by Gasteiger charge is -2.20. The fourth-order valence-corrected chi connectivity index (χ4v) is 2.04. The van der Waals surface area contributed by atoms with Crippen LogP contribution in [0.4, 0.5) is 5.69 Å². The van der Waals surface area contributed by atoms with Crippen molar-refractivity contribution in [3.8, 4) is 0 Å². The number of anilines is 1. The summed E-state index contributed by atoms with van der Waals surface area (Å²) in [4.78, 5) is 28.8. The zero-order chi connectivity index (χ0) is 15.4. The standard InChI is InChI=1S/C15H13ClN2O3/c1-10-4-2-7-13(17-10)15(21)18(9-14(19)20)12-6-3-5-11(16)8-12/h2-8H,9H2,1H3,(H,19,20). The van der Waals surface area contributed by atoms with Crippen LogP contribution in [0.15, 0.2) is 42.5 Å². The third-order valence-electron chi connectivity index (χ3n) is 2.77. The Labute approximate surface area is 126 Å². The molecule has 108 valence electrons. The van der Waals surface area contributed by atoms with Gasteiger partial charge in [0.2, 0.25) is 0 Å². The number of amides is 1. The van der Waals surface area contributed by atoms with Crippen LogP contribution in [0.2, 0.25) is 5.02 Å². The minimum absolute atomic E-state index is 0.191. The topological polar surface area (TPSA) is 70.5 Å². The lowest BCUT2D eigenvalue weighted by Crippen LogP contribution is -2.36. The van der Waals surface area contributed by atoms with Gasteiger partial charge in [0.1, 0.15) is 12.2 Å². The Morgan fingerprint density at radius 3 is 2.57 bits per heavy atom. The molecule has 1 aromatic carbocycles. The average Bonchev–Trinajstić information content (AvgIpc) is 2.44. The summed E-state index contributed by atoms with van der Waals surface area (Å²) < 4.78 is 0. The van der Waals surface area contributed by atoms with Crippen molar-refractivity contribution >= 4 is 29.2 Å². The van der Waals surface area contributed by atoms with Crippen molar-refractivity contribution in [1.82, 2.24) is 4.98 Å². The summed E-state index contributed by atoms with van der Waals surface area (Å²) in [5, 5.41) is 9.44. The number of rotatable bonds is 4. The van der Waals surface area contributed by atoms with E-state index in [2.05, 4.69) is 4.98 Å². The second-order valence-corrected chi connectivity index (χ2v) is 4.87. The molecule has 0 unspecified atom stereocenters. The molecule has 0 aliphatic carbocycles. The van der Waals surface area contributed by atoms with Gasteiger partial charge in [-0.3, -0.25) is 14.5 Å². The number of benzene rings is 1. The largest absolute Gasteiger partial charge is 0.480 e. The highest BCUT2D eigenvalue weighted by molar-refractivity contribution is 6.31. The van der Waals surface area contributed by atoms with Crippen LogP contribution >= 0.6 is 11.6 Å². The summed E-state index contributed by atoms with van der Waals surface area (Å²) in [6.45, 7) is 1.30. The minimum atomic E-state index is -1.11. The number of hydrogen-bond acceptors (Lipinski definition) is 3. The molecule has 1 heterocycles. The van der Waals surface area contributed by atoms with E-state index in [1.165, 1.54) is 6.07 Å². The molecule has 1 N–H and O–H groups in total. The molecule has 1 amide bonds. The highest BCUT2D eigenvalue weighted by Crippen LogP contribution is 2.21. The van der Waals surface area contributed by atoms with Crippen molar-refractivity contribution in [2.45, 2.75) is 6.92 Å². The Balaban J connectivity index is 2.40. The van der Waals surface area contributed by atoms with Crippen molar-refractivity contribution in [3.05, 3.63) is 58.9 Å². The quantitative estimate of drug-likeness (QED) is 0.943. The van der Waals surface area contributed by atoms with Crippen molar-refractivity contribution in [2.75, 3.05) is 11.4 Å². The molecule has 0 spiro atoms. The fourth-order valence-electron chi connectivity index (χ4n) is 1.86. The molecule has 0 fully saturated rings. The highest BCUT2D eigenvalue weighted by Gasteiger charge is 2.21. The van der Waals surface area contributed by atoms with Gasteiger partial charge in [-0.15, -0.1) is 0 Å². The number of aliphatic carboxylic acids is 1. The molecule has 0 aliphatic heterocycles. The molecule has 1 aromatic heterocycles. The zero-order valence-corrected chi connectivity index (χ0v) is 12.0. The Morgan fingerprint density at radius 2 is 1.95 bits per heavy atom. The van der Waals surface area contributed by atoms with Crippen molar-refractivity contribution < 1.29 is 14.7 Å². The second kappa shape index (κ2) is 6.37. The van der Waals surface area contributed by atoms with Crippen molar-refractivity contribution in [1.29, 1.82) is 0 Å². The Hall–Kier alpha value is -2.40. The van der Waals surface area contributed by atoms with E-state index in [0.29, 0.717) is 16.4 Å². The van der Waals surface area contributed by atoms with Crippen LogP contribution in [0.25, 0.3) is 0 Å². The predicted molar refractivity (Wildman–Crippen MR) is 79.7 cm³/mol. The van der Waals surface area contributed by atoms with Crippen LogP contribution in [0.1, 0.15) is 16.2 Å². The van der Waals surface area contributed by atoms with Crippen molar-refractivity contribution in [3.63, 3.8) is 0 Å². The Bertz CT molecular complexity index is 688. The first-order chi connectivity index (χ1) is 9.97. The normalized spacial score (nSPS) is 10.2. The van der Waals surface area contributed by atoms with Gasteiger partial charge in [-0.2, -0.15) is 0 Å². The van der Waals surface area contributed by atoms with Gasteiger partial charge in [-0.25, -0.2) is 4.98 Å². The predicted octanol–water partition coefficient (Wildman–Crippen LogP) is 2.77. The molecule has 0 atom stereocenters. The average molecular weight is 305 g/mol. The van der Waals surface area contributed by atoms with E-state index in [9.17, 15) is 9.59 Å². The van der Waals surface area contributed by atoms with Crippen LogP contribution in [0, 0.1) is 6.92 Å². The maximum absolute atomic E-state index is 12.5.